The van der Waals surface area contributed by atoms with E-state index in [0.29, 0.717) is 6.42 Å². The number of rotatable bonds is 4. The summed E-state index contributed by atoms with van der Waals surface area (Å²) in [6, 6.07) is 6.47. The molecule has 0 aliphatic carbocycles. The molecule has 0 radical (unpaired) electrons. The fourth-order valence-corrected chi connectivity index (χ4v) is 2.76. The molecule has 0 saturated carbocycles. The Kier molecular flexibility index (Phi) is 4.30. The number of hydrogen-bond donors (Lipinski definition) is 1. The standard InChI is InChI=1S/C15H19BrFN3/c1-4-20-13(14(16)10(2)19-20)9-15(3,18)11-6-5-7-12(17)8-11/h5-8H,4,9,18H2,1-3H3. The summed E-state index contributed by atoms with van der Waals surface area (Å²) >= 11 is 3.57. The van der Waals surface area contributed by atoms with Gasteiger partial charge in [0.15, 0.2) is 0 Å². The van der Waals surface area contributed by atoms with Crippen LogP contribution in [0.4, 0.5) is 4.39 Å². The van der Waals surface area contributed by atoms with Gasteiger partial charge in [0.2, 0.25) is 0 Å². The molecule has 1 atom stereocenters. The zero-order valence-electron chi connectivity index (χ0n) is 12.0. The fourth-order valence-electron chi connectivity index (χ4n) is 2.33. The molecular weight excluding hydrogens is 321 g/mol. The van der Waals surface area contributed by atoms with Gasteiger partial charge in [0.05, 0.1) is 15.9 Å². The van der Waals surface area contributed by atoms with Crippen molar-refractivity contribution in [3.8, 4) is 0 Å². The first-order valence-electron chi connectivity index (χ1n) is 6.62. The van der Waals surface area contributed by atoms with Gasteiger partial charge in [-0.15, -0.1) is 0 Å². The van der Waals surface area contributed by atoms with Crippen molar-refractivity contribution in [3.63, 3.8) is 0 Å². The van der Waals surface area contributed by atoms with Gasteiger partial charge in [0, 0.05) is 18.5 Å². The highest BCUT2D eigenvalue weighted by molar-refractivity contribution is 9.10. The first kappa shape index (κ1) is 15.2. The lowest BCUT2D eigenvalue weighted by atomic mass is 9.88. The molecule has 1 aromatic heterocycles. The van der Waals surface area contributed by atoms with E-state index in [1.54, 1.807) is 6.07 Å². The van der Waals surface area contributed by atoms with Crippen LogP contribution in [0, 0.1) is 12.7 Å². The predicted octanol–water partition coefficient (Wildman–Crippen LogP) is 3.53. The molecule has 5 heteroatoms. The van der Waals surface area contributed by atoms with Crippen molar-refractivity contribution in [2.75, 3.05) is 0 Å². The minimum Gasteiger partial charge on any atom is -0.321 e. The second-order valence-corrected chi connectivity index (χ2v) is 6.06. The smallest absolute Gasteiger partial charge is 0.123 e. The van der Waals surface area contributed by atoms with Crippen molar-refractivity contribution in [1.29, 1.82) is 0 Å². The van der Waals surface area contributed by atoms with Crippen molar-refractivity contribution >= 4 is 15.9 Å². The average Bonchev–Trinajstić information content (AvgIpc) is 2.66. The van der Waals surface area contributed by atoms with Crippen LogP contribution in [-0.2, 0) is 18.5 Å². The highest BCUT2D eigenvalue weighted by Gasteiger charge is 2.26. The van der Waals surface area contributed by atoms with Crippen LogP contribution in [0.25, 0.3) is 0 Å². The Hall–Kier alpha value is -1.20. The largest absolute Gasteiger partial charge is 0.321 e. The molecule has 0 fully saturated rings. The average molecular weight is 340 g/mol. The second kappa shape index (κ2) is 5.66. The third kappa shape index (κ3) is 2.94. The van der Waals surface area contributed by atoms with Gasteiger partial charge >= 0.3 is 0 Å². The van der Waals surface area contributed by atoms with Crippen molar-refractivity contribution in [1.82, 2.24) is 9.78 Å². The summed E-state index contributed by atoms with van der Waals surface area (Å²) in [4.78, 5) is 0. The molecule has 0 bridgehead atoms. The zero-order chi connectivity index (χ0) is 14.9. The maximum absolute atomic E-state index is 13.4. The van der Waals surface area contributed by atoms with Gasteiger partial charge in [-0.25, -0.2) is 4.39 Å². The Morgan fingerprint density at radius 1 is 1.45 bits per heavy atom. The van der Waals surface area contributed by atoms with Crippen molar-refractivity contribution in [2.45, 2.75) is 39.3 Å². The van der Waals surface area contributed by atoms with Gasteiger partial charge in [-0.2, -0.15) is 5.10 Å². The van der Waals surface area contributed by atoms with Gasteiger partial charge in [-0.3, -0.25) is 4.68 Å². The molecule has 20 heavy (non-hydrogen) atoms. The lowest BCUT2D eigenvalue weighted by Gasteiger charge is -2.26. The van der Waals surface area contributed by atoms with Gasteiger partial charge in [-0.05, 0) is 54.4 Å². The number of halogens is 2. The Balaban J connectivity index is 2.37. The quantitative estimate of drug-likeness (QED) is 0.925. The van der Waals surface area contributed by atoms with Crippen LogP contribution in [0.15, 0.2) is 28.7 Å². The summed E-state index contributed by atoms with van der Waals surface area (Å²) in [5.74, 6) is -0.265. The number of nitrogens with two attached hydrogens (primary N) is 1. The third-order valence-corrected chi connectivity index (χ3v) is 4.50. The first-order valence-corrected chi connectivity index (χ1v) is 7.41. The number of nitrogens with zero attached hydrogens (tertiary/aromatic N) is 2. The molecule has 2 rings (SSSR count). The molecule has 0 amide bonds. The number of hydrogen-bond acceptors (Lipinski definition) is 2. The summed E-state index contributed by atoms with van der Waals surface area (Å²) < 4.78 is 16.3. The van der Waals surface area contributed by atoms with Crippen LogP contribution in [0.2, 0.25) is 0 Å². The molecule has 3 nitrogen and oxygen atoms in total. The van der Waals surface area contributed by atoms with E-state index in [-0.39, 0.29) is 5.82 Å². The van der Waals surface area contributed by atoms with E-state index < -0.39 is 5.54 Å². The lowest BCUT2D eigenvalue weighted by molar-refractivity contribution is 0.459. The molecule has 0 aliphatic rings. The lowest BCUT2D eigenvalue weighted by Crippen LogP contribution is -2.36. The number of aryl methyl sites for hydroxylation is 2. The number of benzene rings is 1. The van der Waals surface area contributed by atoms with Gasteiger partial charge in [0.1, 0.15) is 5.82 Å². The summed E-state index contributed by atoms with van der Waals surface area (Å²) in [7, 11) is 0. The topological polar surface area (TPSA) is 43.8 Å². The maximum Gasteiger partial charge on any atom is 0.123 e. The molecule has 0 saturated heterocycles. The van der Waals surface area contributed by atoms with Crippen molar-refractivity contribution in [3.05, 3.63) is 51.5 Å². The van der Waals surface area contributed by atoms with E-state index in [4.69, 9.17) is 5.73 Å². The van der Waals surface area contributed by atoms with E-state index in [1.807, 2.05) is 31.5 Å². The molecule has 1 unspecified atom stereocenters. The molecular formula is C15H19BrFN3. The maximum atomic E-state index is 13.4. The zero-order valence-corrected chi connectivity index (χ0v) is 13.5. The Morgan fingerprint density at radius 2 is 2.15 bits per heavy atom. The van der Waals surface area contributed by atoms with Crippen LogP contribution >= 0.6 is 15.9 Å². The minimum atomic E-state index is -0.649. The third-order valence-electron chi connectivity index (χ3n) is 3.47. The summed E-state index contributed by atoms with van der Waals surface area (Å²) in [6.45, 7) is 6.69. The summed E-state index contributed by atoms with van der Waals surface area (Å²) in [6.07, 6.45) is 0.589. The highest BCUT2D eigenvalue weighted by Crippen LogP contribution is 2.29. The Morgan fingerprint density at radius 3 is 2.75 bits per heavy atom. The molecule has 2 aromatic rings. The summed E-state index contributed by atoms with van der Waals surface area (Å²) in [5.41, 5.74) is 8.53. The highest BCUT2D eigenvalue weighted by atomic mass is 79.9. The van der Waals surface area contributed by atoms with Crippen LogP contribution in [0.5, 0.6) is 0 Å². The predicted molar refractivity (Wildman–Crippen MR) is 82.0 cm³/mol. The van der Waals surface area contributed by atoms with Crippen molar-refractivity contribution < 1.29 is 4.39 Å². The van der Waals surface area contributed by atoms with Crippen LogP contribution < -0.4 is 5.73 Å². The van der Waals surface area contributed by atoms with Crippen LogP contribution in [0.3, 0.4) is 0 Å². The van der Waals surface area contributed by atoms with E-state index in [0.717, 1.165) is 28.0 Å². The van der Waals surface area contributed by atoms with Crippen LogP contribution in [-0.4, -0.2) is 9.78 Å². The minimum absolute atomic E-state index is 0.265. The van der Waals surface area contributed by atoms with Gasteiger partial charge < -0.3 is 5.73 Å². The van der Waals surface area contributed by atoms with Crippen molar-refractivity contribution in [2.24, 2.45) is 5.73 Å². The fraction of sp³-hybridized carbons (Fsp3) is 0.400. The SMILES string of the molecule is CCn1nc(C)c(Br)c1CC(C)(N)c1cccc(F)c1. The normalized spacial score (nSPS) is 14.3. The van der Waals surface area contributed by atoms with E-state index in [9.17, 15) is 4.39 Å². The van der Waals surface area contributed by atoms with E-state index >= 15 is 0 Å². The second-order valence-electron chi connectivity index (χ2n) is 5.27. The molecule has 2 N–H and O–H groups in total. The molecule has 1 heterocycles. The van der Waals surface area contributed by atoms with Crippen LogP contribution in [0.1, 0.15) is 30.8 Å². The van der Waals surface area contributed by atoms with E-state index in [1.165, 1.54) is 12.1 Å². The Bertz CT molecular complexity index is 620. The molecule has 108 valence electrons. The molecule has 0 spiro atoms. The summed E-state index contributed by atoms with van der Waals surface area (Å²) in [5, 5.41) is 4.46. The molecule has 0 aliphatic heterocycles. The monoisotopic (exact) mass is 339 g/mol. The Labute approximate surface area is 127 Å². The van der Waals surface area contributed by atoms with Gasteiger partial charge in [0.25, 0.3) is 0 Å². The van der Waals surface area contributed by atoms with Gasteiger partial charge in [-0.1, -0.05) is 12.1 Å². The van der Waals surface area contributed by atoms with E-state index in [2.05, 4.69) is 21.0 Å². The number of aromatic nitrogens is 2. The first-order chi connectivity index (χ1) is 9.35. The molecule has 1 aromatic carbocycles.